The van der Waals surface area contributed by atoms with Gasteiger partial charge in [-0.1, -0.05) is 0 Å². The second kappa shape index (κ2) is 6.24. The van der Waals surface area contributed by atoms with Gasteiger partial charge in [0.05, 0.1) is 0 Å². The molecule has 0 bridgehead atoms. The highest BCUT2D eigenvalue weighted by Gasteiger charge is 2.17. The number of hydrogen-bond acceptors (Lipinski definition) is 3. The Bertz CT molecular complexity index is 562. The molecule has 0 saturated carbocycles. The Morgan fingerprint density at radius 1 is 1.10 bits per heavy atom. The first-order valence-corrected chi connectivity index (χ1v) is 8.34. The molecule has 1 saturated heterocycles. The summed E-state index contributed by atoms with van der Waals surface area (Å²) >= 11 is 5.29. The molecule has 0 aliphatic carbocycles. The maximum atomic E-state index is 12.9. The molecule has 1 aromatic heterocycles. The van der Waals surface area contributed by atoms with E-state index in [0.29, 0.717) is 0 Å². The lowest BCUT2D eigenvalue weighted by Crippen LogP contribution is -2.45. The van der Waals surface area contributed by atoms with E-state index >= 15 is 0 Å². The fraction of sp³-hybridized carbons (Fsp3) is 0.333. The minimum Gasteiger partial charge on any atom is -0.369 e. The van der Waals surface area contributed by atoms with Gasteiger partial charge in [-0.15, -0.1) is 11.3 Å². The van der Waals surface area contributed by atoms with Gasteiger partial charge in [-0.25, -0.2) is 4.39 Å². The third-order valence-corrected chi connectivity index (χ3v) is 5.25. The summed E-state index contributed by atoms with van der Waals surface area (Å²) in [5.74, 6) is -0.171. The molecular weight excluding hydrogens is 339 g/mol. The van der Waals surface area contributed by atoms with Crippen molar-refractivity contribution in [1.29, 1.82) is 0 Å². The van der Waals surface area contributed by atoms with Gasteiger partial charge in [0.15, 0.2) is 0 Å². The van der Waals surface area contributed by atoms with Crippen LogP contribution in [-0.4, -0.2) is 31.1 Å². The molecule has 106 valence electrons. The van der Waals surface area contributed by atoms with E-state index in [2.05, 4.69) is 37.2 Å². The Labute approximate surface area is 131 Å². The first-order chi connectivity index (χ1) is 9.70. The number of rotatable bonds is 3. The van der Waals surface area contributed by atoms with Crippen LogP contribution >= 0.6 is 27.3 Å². The maximum absolute atomic E-state index is 12.9. The Kier molecular flexibility index (Phi) is 4.38. The van der Waals surface area contributed by atoms with E-state index in [0.717, 1.165) is 38.4 Å². The highest BCUT2D eigenvalue weighted by atomic mass is 79.9. The molecule has 1 aliphatic heterocycles. The molecule has 0 atom stereocenters. The monoisotopic (exact) mass is 354 g/mol. The van der Waals surface area contributed by atoms with E-state index in [9.17, 15) is 4.39 Å². The zero-order valence-electron chi connectivity index (χ0n) is 11.1. The van der Waals surface area contributed by atoms with E-state index in [1.165, 1.54) is 21.5 Å². The summed E-state index contributed by atoms with van der Waals surface area (Å²) in [6.07, 6.45) is 0. The molecule has 1 aromatic carbocycles. The van der Waals surface area contributed by atoms with Crippen molar-refractivity contribution >= 4 is 33.0 Å². The molecule has 0 unspecified atom stereocenters. The van der Waals surface area contributed by atoms with Crippen LogP contribution in [0.1, 0.15) is 4.88 Å². The third kappa shape index (κ3) is 3.40. The zero-order chi connectivity index (χ0) is 13.9. The van der Waals surface area contributed by atoms with E-state index in [1.807, 2.05) is 12.1 Å². The van der Waals surface area contributed by atoms with Crippen molar-refractivity contribution in [3.63, 3.8) is 0 Å². The van der Waals surface area contributed by atoms with Gasteiger partial charge >= 0.3 is 0 Å². The summed E-state index contributed by atoms with van der Waals surface area (Å²) in [7, 11) is 0. The highest BCUT2D eigenvalue weighted by Crippen LogP contribution is 2.22. The molecule has 3 rings (SSSR count). The Hall–Kier alpha value is -0.910. The fourth-order valence-corrected chi connectivity index (χ4v) is 3.97. The van der Waals surface area contributed by atoms with Crippen molar-refractivity contribution in [1.82, 2.24) is 4.90 Å². The molecule has 2 heterocycles. The van der Waals surface area contributed by atoms with E-state index in [-0.39, 0.29) is 5.82 Å². The third-order valence-electron chi connectivity index (χ3n) is 3.57. The van der Waals surface area contributed by atoms with Crippen molar-refractivity contribution in [3.05, 3.63) is 50.9 Å². The van der Waals surface area contributed by atoms with Crippen LogP contribution in [-0.2, 0) is 6.54 Å². The van der Waals surface area contributed by atoms with Gasteiger partial charge < -0.3 is 4.90 Å². The predicted molar refractivity (Wildman–Crippen MR) is 85.9 cm³/mol. The van der Waals surface area contributed by atoms with Gasteiger partial charge in [0, 0.05) is 53.1 Å². The summed E-state index contributed by atoms with van der Waals surface area (Å²) in [6, 6.07) is 8.98. The second-order valence-corrected chi connectivity index (χ2v) is 6.88. The molecule has 1 aliphatic rings. The summed E-state index contributed by atoms with van der Waals surface area (Å²) < 4.78 is 14.1. The first kappa shape index (κ1) is 14.0. The number of benzene rings is 1. The molecule has 2 aromatic rings. The standard InChI is InChI=1S/C15H16BrFN2S/c16-12-9-15(20-11-12)10-18-5-7-19(8-6-18)14-3-1-13(17)2-4-14/h1-4,9,11H,5-8,10H2. The van der Waals surface area contributed by atoms with Crippen molar-refractivity contribution in [2.75, 3.05) is 31.1 Å². The fourth-order valence-electron chi connectivity index (χ4n) is 2.47. The molecule has 0 amide bonds. The number of halogens is 2. The topological polar surface area (TPSA) is 6.48 Å². The molecular formula is C15H16BrFN2S. The van der Waals surface area contributed by atoms with Crippen molar-refractivity contribution in [2.24, 2.45) is 0 Å². The van der Waals surface area contributed by atoms with Gasteiger partial charge in [-0.05, 0) is 46.3 Å². The largest absolute Gasteiger partial charge is 0.369 e. The molecule has 1 fully saturated rings. The van der Waals surface area contributed by atoms with Gasteiger partial charge in [0.1, 0.15) is 5.82 Å². The predicted octanol–water partition coefficient (Wildman–Crippen LogP) is 3.97. The summed E-state index contributed by atoms with van der Waals surface area (Å²) in [5.41, 5.74) is 1.12. The number of piperazine rings is 1. The smallest absolute Gasteiger partial charge is 0.123 e. The highest BCUT2D eigenvalue weighted by molar-refractivity contribution is 9.10. The molecule has 0 N–H and O–H groups in total. The Balaban J connectivity index is 1.55. The zero-order valence-corrected chi connectivity index (χ0v) is 13.5. The molecule has 2 nitrogen and oxygen atoms in total. The number of nitrogens with zero attached hydrogens (tertiary/aromatic N) is 2. The van der Waals surface area contributed by atoms with E-state index in [1.54, 1.807) is 11.3 Å². The van der Waals surface area contributed by atoms with Crippen LogP contribution in [0.2, 0.25) is 0 Å². The van der Waals surface area contributed by atoms with Crippen LogP contribution in [0, 0.1) is 5.82 Å². The summed E-state index contributed by atoms with van der Waals surface area (Å²) in [5, 5.41) is 2.13. The van der Waals surface area contributed by atoms with Crippen molar-refractivity contribution in [2.45, 2.75) is 6.54 Å². The van der Waals surface area contributed by atoms with Crippen LogP contribution in [0.5, 0.6) is 0 Å². The van der Waals surface area contributed by atoms with E-state index in [4.69, 9.17) is 0 Å². The van der Waals surface area contributed by atoms with Crippen LogP contribution in [0.25, 0.3) is 0 Å². The minimum absolute atomic E-state index is 0.171. The normalized spacial score (nSPS) is 16.6. The maximum Gasteiger partial charge on any atom is 0.123 e. The molecule has 0 spiro atoms. The SMILES string of the molecule is Fc1ccc(N2CCN(Cc3cc(Br)cs3)CC2)cc1. The average molecular weight is 355 g/mol. The minimum atomic E-state index is -0.171. The molecule has 5 heteroatoms. The van der Waals surface area contributed by atoms with E-state index < -0.39 is 0 Å². The Morgan fingerprint density at radius 3 is 2.40 bits per heavy atom. The van der Waals surface area contributed by atoms with Crippen LogP contribution < -0.4 is 4.90 Å². The molecule has 20 heavy (non-hydrogen) atoms. The van der Waals surface area contributed by atoms with Gasteiger partial charge in [-0.2, -0.15) is 0 Å². The quantitative estimate of drug-likeness (QED) is 0.822. The molecule has 0 radical (unpaired) electrons. The van der Waals surface area contributed by atoms with Crippen LogP contribution in [0.3, 0.4) is 0 Å². The van der Waals surface area contributed by atoms with Crippen LogP contribution in [0.4, 0.5) is 10.1 Å². The Morgan fingerprint density at radius 2 is 1.80 bits per heavy atom. The lowest BCUT2D eigenvalue weighted by Gasteiger charge is -2.35. The number of anilines is 1. The second-order valence-electron chi connectivity index (χ2n) is 4.97. The lowest BCUT2D eigenvalue weighted by molar-refractivity contribution is 0.252. The van der Waals surface area contributed by atoms with Crippen molar-refractivity contribution < 1.29 is 4.39 Å². The number of hydrogen-bond donors (Lipinski definition) is 0. The average Bonchev–Trinajstić information content (AvgIpc) is 2.86. The van der Waals surface area contributed by atoms with Gasteiger partial charge in [0.2, 0.25) is 0 Å². The first-order valence-electron chi connectivity index (χ1n) is 6.66. The summed E-state index contributed by atoms with van der Waals surface area (Å²) in [4.78, 5) is 6.19. The lowest BCUT2D eigenvalue weighted by atomic mass is 10.2. The number of thiophene rings is 1. The van der Waals surface area contributed by atoms with Gasteiger partial charge in [-0.3, -0.25) is 4.90 Å². The summed E-state index contributed by atoms with van der Waals surface area (Å²) in [6.45, 7) is 5.11. The van der Waals surface area contributed by atoms with Crippen LogP contribution in [0.15, 0.2) is 40.2 Å². The van der Waals surface area contributed by atoms with Crippen molar-refractivity contribution in [3.8, 4) is 0 Å². The van der Waals surface area contributed by atoms with Gasteiger partial charge in [0.25, 0.3) is 0 Å².